The van der Waals surface area contributed by atoms with Crippen molar-refractivity contribution in [2.45, 2.75) is 51.3 Å². The Hall–Kier alpha value is -3.89. The average molecular weight is 619 g/mol. The molecule has 2 aromatic heterocycles. The standard InChI is InChI=1S/C33H39ClN6O4/c1-21(2)19-43-32(42)40-14-12-39(13-15-40)30-24-8-7-23(34)17-25(24)26(16-22-6-5-11-36-28(22)30)29(27-18-35-20-38(27)4)37-31(41)44-33(3)9-10-33/h5-8,11,16-18,20-21,29-30H,9-10,12-15,19H2,1-4H3,(H,37,41). The zero-order valence-corrected chi connectivity index (χ0v) is 26.4. The molecular weight excluding hydrogens is 580 g/mol. The molecule has 0 radical (unpaired) electrons. The van der Waals surface area contributed by atoms with Crippen LogP contribution in [0, 0.1) is 5.92 Å². The minimum absolute atomic E-state index is 0.203. The molecule has 2 unspecified atom stereocenters. The third-order valence-corrected chi connectivity index (χ3v) is 8.79. The van der Waals surface area contributed by atoms with Crippen molar-refractivity contribution in [3.8, 4) is 0 Å². The largest absolute Gasteiger partial charge is 0.449 e. The number of carbonyl (C=O) groups is 2. The lowest BCUT2D eigenvalue weighted by molar-refractivity contribution is 0.0619. The van der Waals surface area contributed by atoms with Crippen molar-refractivity contribution in [3.63, 3.8) is 0 Å². The van der Waals surface area contributed by atoms with Crippen molar-refractivity contribution in [3.05, 3.63) is 82.2 Å². The van der Waals surface area contributed by atoms with Gasteiger partial charge < -0.3 is 24.3 Å². The number of piperazine rings is 1. The molecule has 2 atom stereocenters. The van der Waals surface area contributed by atoms with Crippen LogP contribution in [0.1, 0.15) is 73.8 Å². The van der Waals surface area contributed by atoms with Crippen molar-refractivity contribution in [1.29, 1.82) is 0 Å². The summed E-state index contributed by atoms with van der Waals surface area (Å²) < 4.78 is 13.2. The molecule has 3 aromatic rings. The van der Waals surface area contributed by atoms with E-state index in [1.165, 1.54) is 0 Å². The number of aryl methyl sites for hydroxylation is 1. The zero-order chi connectivity index (χ0) is 31.0. The Morgan fingerprint density at radius 2 is 1.93 bits per heavy atom. The van der Waals surface area contributed by atoms with E-state index in [0.29, 0.717) is 37.8 Å². The maximum Gasteiger partial charge on any atom is 0.409 e. The van der Waals surface area contributed by atoms with Gasteiger partial charge in [-0.15, -0.1) is 0 Å². The highest BCUT2D eigenvalue weighted by Crippen LogP contribution is 2.45. The van der Waals surface area contributed by atoms with E-state index in [2.05, 4.69) is 21.3 Å². The number of nitrogens with one attached hydrogen (secondary N) is 1. The van der Waals surface area contributed by atoms with E-state index in [4.69, 9.17) is 26.1 Å². The van der Waals surface area contributed by atoms with Crippen LogP contribution in [0.2, 0.25) is 5.02 Å². The van der Waals surface area contributed by atoms with Crippen LogP contribution in [0.3, 0.4) is 0 Å². The highest BCUT2D eigenvalue weighted by atomic mass is 35.5. The number of ether oxygens (including phenoxy) is 2. The van der Waals surface area contributed by atoms with E-state index in [0.717, 1.165) is 46.5 Å². The Morgan fingerprint density at radius 1 is 1.16 bits per heavy atom. The highest BCUT2D eigenvalue weighted by molar-refractivity contribution is 6.30. The Morgan fingerprint density at radius 3 is 2.61 bits per heavy atom. The highest BCUT2D eigenvalue weighted by Gasteiger charge is 2.43. The molecule has 232 valence electrons. The van der Waals surface area contributed by atoms with E-state index in [-0.39, 0.29) is 18.1 Å². The van der Waals surface area contributed by atoms with Crippen LogP contribution in [0.25, 0.3) is 11.6 Å². The van der Waals surface area contributed by atoms with Gasteiger partial charge in [0.05, 0.1) is 42.6 Å². The molecule has 1 aliphatic heterocycles. The molecule has 6 rings (SSSR count). The number of nitrogens with zero attached hydrogens (tertiary/aromatic N) is 5. The molecule has 2 amide bonds. The van der Waals surface area contributed by atoms with Gasteiger partial charge in [-0.2, -0.15) is 0 Å². The number of pyridine rings is 1. The molecule has 2 fully saturated rings. The first kappa shape index (κ1) is 30.1. The van der Waals surface area contributed by atoms with Crippen LogP contribution < -0.4 is 5.32 Å². The van der Waals surface area contributed by atoms with E-state index >= 15 is 0 Å². The van der Waals surface area contributed by atoms with Crippen molar-refractivity contribution in [2.24, 2.45) is 13.0 Å². The molecule has 1 saturated carbocycles. The van der Waals surface area contributed by atoms with Gasteiger partial charge in [0.2, 0.25) is 0 Å². The molecule has 1 saturated heterocycles. The van der Waals surface area contributed by atoms with E-state index < -0.39 is 17.7 Å². The van der Waals surface area contributed by atoms with Gasteiger partial charge in [0.15, 0.2) is 0 Å². The maximum absolute atomic E-state index is 13.3. The minimum Gasteiger partial charge on any atom is -0.449 e. The fourth-order valence-electron chi connectivity index (χ4n) is 5.90. The Labute approximate surface area is 263 Å². The average Bonchev–Trinajstić information content (AvgIpc) is 3.61. The van der Waals surface area contributed by atoms with Gasteiger partial charge in [0.1, 0.15) is 5.60 Å². The molecule has 44 heavy (non-hydrogen) atoms. The second-order valence-electron chi connectivity index (χ2n) is 12.6. The Kier molecular flexibility index (Phi) is 8.39. The molecular formula is C33H39ClN6O4. The normalized spacial score (nSPS) is 19.7. The number of amides is 2. The summed E-state index contributed by atoms with van der Waals surface area (Å²) in [5, 5.41) is 3.74. The van der Waals surface area contributed by atoms with Gasteiger partial charge in [0, 0.05) is 44.4 Å². The summed E-state index contributed by atoms with van der Waals surface area (Å²) >= 11 is 6.66. The fraction of sp³-hybridized carbons (Fsp3) is 0.455. The number of fused-ring (bicyclic) bond motifs is 2. The number of carbonyl (C=O) groups excluding carboxylic acids is 2. The molecule has 3 aliphatic rings. The first-order valence-corrected chi connectivity index (χ1v) is 15.6. The second kappa shape index (κ2) is 12.2. The number of alkyl carbamates (subject to hydrolysis) is 1. The lowest BCUT2D eigenvalue weighted by Gasteiger charge is -2.39. The SMILES string of the molecule is CC(C)COC(=O)N1CCN(C2c3ccc(Cl)cc3C(C(NC(=O)OC3(C)CC3)c3cncn3C)=Cc3cccnc32)CC1. The van der Waals surface area contributed by atoms with Gasteiger partial charge in [-0.3, -0.25) is 9.88 Å². The number of hydrogen-bond donors (Lipinski definition) is 1. The van der Waals surface area contributed by atoms with Crippen LogP contribution in [0.4, 0.5) is 9.59 Å². The molecule has 2 aliphatic carbocycles. The minimum atomic E-state index is -0.575. The molecule has 1 aromatic carbocycles. The molecule has 0 bridgehead atoms. The Balaban J connectivity index is 1.38. The van der Waals surface area contributed by atoms with Crippen LogP contribution in [-0.2, 0) is 16.5 Å². The lowest BCUT2D eigenvalue weighted by Crippen LogP contribution is -2.50. The van der Waals surface area contributed by atoms with Crippen LogP contribution >= 0.6 is 11.6 Å². The number of rotatable bonds is 7. The summed E-state index contributed by atoms with van der Waals surface area (Å²) in [5.74, 6) is 0.280. The van der Waals surface area contributed by atoms with Crippen molar-refractivity contribution >= 4 is 35.4 Å². The smallest absolute Gasteiger partial charge is 0.409 e. The van der Waals surface area contributed by atoms with Crippen molar-refractivity contribution < 1.29 is 19.1 Å². The van der Waals surface area contributed by atoms with Crippen LogP contribution in [0.5, 0.6) is 0 Å². The molecule has 3 heterocycles. The van der Waals surface area contributed by atoms with Gasteiger partial charge >= 0.3 is 12.2 Å². The third-order valence-electron chi connectivity index (χ3n) is 8.56. The number of halogens is 1. The second-order valence-corrected chi connectivity index (χ2v) is 13.0. The van der Waals surface area contributed by atoms with E-state index in [1.807, 2.05) is 68.9 Å². The molecule has 11 heteroatoms. The van der Waals surface area contributed by atoms with Crippen molar-refractivity contribution in [1.82, 2.24) is 29.7 Å². The van der Waals surface area contributed by atoms with Crippen LogP contribution in [-0.4, -0.2) is 74.9 Å². The summed E-state index contributed by atoms with van der Waals surface area (Å²) in [7, 11) is 1.91. The van der Waals surface area contributed by atoms with Gasteiger partial charge in [0.25, 0.3) is 0 Å². The summed E-state index contributed by atoms with van der Waals surface area (Å²) in [4.78, 5) is 39.4. The van der Waals surface area contributed by atoms with Gasteiger partial charge in [-0.05, 0) is 72.2 Å². The summed E-state index contributed by atoms with van der Waals surface area (Å²) in [6, 6.07) is 9.09. The van der Waals surface area contributed by atoms with Crippen molar-refractivity contribution in [2.75, 3.05) is 32.8 Å². The summed E-state index contributed by atoms with van der Waals surface area (Å²) in [5.41, 5.74) is 5.00. The van der Waals surface area contributed by atoms with Gasteiger partial charge in [-0.25, -0.2) is 14.6 Å². The quantitative estimate of drug-likeness (QED) is 0.355. The summed E-state index contributed by atoms with van der Waals surface area (Å²) in [6.07, 6.45) is 8.33. The predicted molar refractivity (Wildman–Crippen MR) is 168 cm³/mol. The van der Waals surface area contributed by atoms with E-state index in [9.17, 15) is 9.59 Å². The number of hydrogen-bond acceptors (Lipinski definition) is 7. The number of benzene rings is 1. The summed E-state index contributed by atoms with van der Waals surface area (Å²) in [6.45, 7) is 8.77. The lowest BCUT2D eigenvalue weighted by atomic mass is 9.90. The molecule has 10 nitrogen and oxygen atoms in total. The first-order valence-electron chi connectivity index (χ1n) is 15.2. The Bertz CT molecular complexity index is 1570. The molecule has 0 spiro atoms. The topological polar surface area (TPSA) is 102 Å². The van der Waals surface area contributed by atoms with Gasteiger partial charge in [-0.1, -0.05) is 37.6 Å². The molecule has 1 N–H and O–H groups in total. The number of imidazole rings is 1. The zero-order valence-electron chi connectivity index (χ0n) is 25.6. The monoisotopic (exact) mass is 618 g/mol. The van der Waals surface area contributed by atoms with E-state index in [1.54, 1.807) is 17.4 Å². The third kappa shape index (κ3) is 6.32. The maximum atomic E-state index is 13.3. The fourth-order valence-corrected chi connectivity index (χ4v) is 6.07. The van der Waals surface area contributed by atoms with Crippen LogP contribution in [0.15, 0.2) is 49.1 Å². The number of aromatic nitrogens is 3. The first-order chi connectivity index (χ1) is 21.1. The predicted octanol–water partition coefficient (Wildman–Crippen LogP) is 5.84.